The van der Waals surface area contributed by atoms with Gasteiger partial charge in [-0.05, 0) is 48.8 Å². The fraction of sp³-hybridized carbons (Fsp3) is 0.577. The number of carboxylic acid groups (broad SMARTS) is 1. The summed E-state index contributed by atoms with van der Waals surface area (Å²) in [5, 5.41) is 9.07. The number of ether oxygens (including phenoxy) is 1. The molecule has 7 heteroatoms. The van der Waals surface area contributed by atoms with E-state index in [0.717, 1.165) is 30.0 Å². The van der Waals surface area contributed by atoms with Crippen LogP contribution in [0.2, 0.25) is 0 Å². The van der Waals surface area contributed by atoms with Crippen LogP contribution in [-0.2, 0) is 22.4 Å². The van der Waals surface area contributed by atoms with Gasteiger partial charge in [-0.1, -0.05) is 58.8 Å². The van der Waals surface area contributed by atoms with E-state index in [-0.39, 0.29) is 11.3 Å². The van der Waals surface area contributed by atoms with E-state index in [1.54, 1.807) is 12.1 Å². The van der Waals surface area contributed by atoms with Crippen molar-refractivity contribution in [3.63, 3.8) is 0 Å². The number of amides is 1. The van der Waals surface area contributed by atoms with Crippen LogP contribution in [0.3, 0.4) is 0 Å². The first-order valence-electron chi connectivity index (χ1n) is 12.2. The number of nitrogens with zero attached hydrogens (tertiary/aromatic N) is 1. The van der Waals surface area contributed by atoms with Gasteiger partial charge >= 0.3 is 5.97 Å². The molecule has 1 fully saturated rings. The third-order valence-corrected chi connectivity index (χ3v) is 6.88. The summed E-state index contributed by atoms with van der Waals surface area (Å²) in [6.45, 7) is 3.66. The third kappa shape index (κ3) is 5.75. The number of aliphatic carboxylic acids is 1. The average molecular weight is 457 g/mol. The molecule has 0 aliphatic heterocycles. The number of hydrogen-bond donors (Lipinski definition) is 2. The lowest BCUT2D eigenvalue weighted by molar-refractivity contribution is -0.139. The Morgan fingerprint density at radius 3 is 2.61 bits per heavy atom. The highest BCUT2D eigenvalue weighted by molar-refractivity contribution is 6.44. The first kappa shape index (κ1) is 24.8. The van der Waals surface area contributed by atoms with Crippen molar-refractivity contribution in [3.8, 4) is 5.75 Å². The molecule has 0 radical (unpaired) electrons. The Hall–Kier alpha value is -2.83. The van der Waals surface area contributed by atoms with Crippen molar-refractivity contribution in [1.82, 2.24) is 4.40 Å². The number of carbonyl (C=O) groups is 3. The molecular formula is C26H36N2O5. The topological polar surface area (TPSA) is 111 Å². The summed E-state index contributed by atoms with van der Waals surface area (Å²) in [5.41, 5.74) is 7.87. The van der Waals surface area contributed by atoms with Gasteiger partial charge < -0.3 is 20.0 Å². The molecular weight excluding hydrogens is 420 g/mol. The highest BCUT2D eigenvalue weighted by atomic mass is 16.5. The summed E-state index contributed by atoms with van der Waals surface area (Å²) in [6.07, 6.45) is 13.1. The van der Waals surface area contributed by atoms with Crippen LogP contribution < -0.4 is 10.5 Å². The van der Waals surface area contributed by atoms with E-state index in [1.165, 1.54) is 44.9 Å². The zero-order chi connectivity index (χ0) is 24.0. The summed E-state index contributed by atoms with van der Waals surface area (Å²) in [6, 6.07) is 3.41. The van der Waals surface area contributed by atoms with Gasteiger partial charge in [0.2, 0.25) is 0 Å². The number of unbranched alkanes of at least 4 members (excludes halogenated alkanes) is 2. The first-order chi connectivity index (χ1) is 15.9. The molecule has 2 atom stereocenters. The van der Waals surface area contributed by atoms with Crippen LogP contribution in [0.25, 0.3) is 5.52 Å². The predicted molar refractivity (Wildman–Crippen MR) is 127 cm³/mol. The SMILES string of the molecule is CCCCC[C@H]1CCCC(Cc2c(CC)c(C(=O)C(N)=O)c3c(OCC(=O)O)cccn23)C1. The Bertz CT molecular complexity index is 1010. The number of pyridine rings is 1. The summed E-state index contributed by atoms with van der Waals surface area (Å²) < 4.78 is 7.41. The molecule has 180 valence electrons. The van der Waals surface area contributed by atoms with Crippen molar-refractivity contribution >= 4 is 23.2 Å². The molecule has 33 heavy (non-hydrogen) atoms. The van der Waals surface area contributed by atoms with Crippen molar-refractivity contribution in [2.45, 2.75) is 78.1 Å². The normalized spacial score (nSPS) is 18.4. The number of primary amides is 1. The van der Waals surface area contributed by atoms with Gasteiger partial charge in [0.05, 0.1) is 11.1 Å². The van der Waals surface area contributed by atoms with Crippen LogP contribution >= 0.6 is 0 Å². The Kier molecular flexibility index (Phi) is 8.53. The first-order valence-corrected chi connectivity index (χ1v) is 12.2. The zero-order valence-electron chi connectivity index (χ0n) is 19.8. The Morgan fingerprint density at radius 1 is 1.18 bits per heavy atom. The maximum absolute atomic E-state index is 12.9. The average Bonchev–Trinajstić information content (AvgIpc) is 3.11. The van der Waals surface area contributed by atoms with E-state index in [0.29, 0.717) is 17.9 Å². The standard InChI is InChI=1S/C26H36N2O5/c1-3-5-6-9-17-10-7-11-18(14-17)15-20-19(4-2)23(25(31)26(27)32)24-21(33-16-22(29)30)12-8-13-28(20)24/h8,12-13,17-18H,3-7,9-11,14-16H2,1-2H3,(H2,27,32)(H,29,30)/t17-,18?/m0/s1. The highest BCUT2D eigenvalue weighted by Gasteiger charge is 2.30. The molecule has 1 aliphatic carbocycles. The van der Waals surface area contributed by atoms with Gasteiger partial charge in [-0.25, -0.2) is 4.79 Å². The van der Waals surface area contributed by atoms with Crippen LogP contribution in [0.1, 0.15) is 86.8 Å². The lowest BCUT2D eigenvalue weighted by atomic mass is 9.77. The minimum Gasteiger partial charge on any atom is -0.480 e. The lowest BCUT2D eigenvalue weighted by Gasteiger charge is -2.29. The maximum atomic E-state index is 12.9. The summed E-state index contributed by atoms with van der Waals surface area (Å²) in [4.78, 5) is 35.8. The van der Waals surface area contributed by atoms with Crippen molar-refractivity contribution in [1.29, 1.82) is 0 Å². The summed E-state index contributed by atoms with van der Waals surface area (Å²) in [7, 11) is 0. The van der Waals surface area contributed by atoms with E-state index in [2.05, 4.69) is 6.92 Å². The largest absolute Gasteiger partial charge is 0.480 e. The molecule has 2 aromatic heterocycles. The third-order valence-electron chi connectivity index (χ3n) is 6.88. The van der Waals surface area contributed by atoms with E-state index in [4.69, 9.17) is 15.6 Å². The molecule has 1 saturated carbocycles. The number of nitrogens with two attached hydrogens (primary N) is 1. The molecule has 1 amide bonds. The molecule has 3 N–H and O–H groups in total. The fourth-order valence-corrected chi connectivity index (χ4v) is 5.42. The number of ketones is 1. The van der Waals surface area contributed by atoms with Gasteiger partial charge in [-0.2, -0.15) is 0 Å². The van der Waals surface area contributed by atoms with E-state index < -0.39 is 24.3 Å². The van der Waals surface area contributed by atoms with Gasteiger partial charge in [0.25, 0.3) is 11.7 Å². The minimum absolute atomic E-state index is 0.247. The molecule has 1 unspecified atom stereocenters. The summed E-state index contributed by atoms with van der Waals surface area (Å²) >= 11 is 0. The Morgan fingerprint density at radius 2 is 1.94 bits per heavy atom. The molecule has 0 aromatic carbocycles. The van der Waals surface area contributed by atoms with E-state index in [9.17, 15) is 14.4 Å². The van der Waals surface area contributed by atoms with Gasteiger partial charge in [0.15, 0.2) is 6.61 Å². The van der Waals surface area contributed by atoms with Crippen LogP contribution in [0.15, 0.2) is 18.3 Å². The number of carbonyl (C=O) groups excluding carboxylic acids is 2. The smallest absolute Gasteiger partial charge is 0.341 e. The van der Waals surface area contributed by atoms with Crippen LogP contribution in [0, 0.1) is 11.8 Å². The molecule has 2 aromatic rings. The summed E-state index contributed by atoms with van der Waals surface area (Å²) in [5.74, 6) is -1.37. The molecule has 0 spiro atoms. The zero-order valence-corrected chi connectivity index (χ0v) is 19.8. The van der Waals surface area contributed by atoms with Crippen LogP contribution in [-0.4, -0.2) is 33.8 Å². The van der Waals surface area contributed by atoms with E-state index >= 15 is 0 Å². The number of rotatable bonds is 12. The van der Waals surface area contributed by atoms with Gasteiger partial charge in [0, 0.05) is 11.9 Å². The molecule has 0 bridgehead atoms. The molecule has 7 nitrogen and oxygen atoms in total. The monoisotopic (exact) mass is 456 g/mol. The molecule has 2 heterocycles. The molecule has 0 saturated heterocycles. The lowest BCUT2D eigenvalue weighted by Crippen LogP contribution is -2.24. The van der Waals surface area contributed by atoms with Crippen molar-refractivity contribution < 1.29 is 24.2 Å². The van der Waals surface area contributed by atoms with Crippen molar-refractivity contribution in [2.75, 3.05) is 6.61 Å². The van der Waals surface area contributed by atoms with Gasteiger partial charge in [-0.3, -0.25) is 9.59 Å². The number of fused-ring (bicyclic) bond motifs is 1. The van der Waals surface area contributed by atoms with Crippen molar-refractivity contribution in [2.24, 2.45) is 17.6 Å². The fourth-order valence-electron chi connectivity index (χ4n) is 5.42. The predicted octanol–water partition coefficient (Wildman–Crippen LogP) is 4.56. The number of carboxylic acids is 1. The van der Waals surface area contributed by atoms with Crippen molar-refractivity contribution in [3.05, 3.63) is 35.2 Å². The van der Waals surface area contributed by atoms with Crippen LogP contribution in [0.4, 0.5) is 0 Å². The highest BCUT2D eigenvalue weighted by Crippen LogP contribution is 2.38. The van der Waals surface area contributed by atoms with Gasteiger partial charge in [0.1, 0.15) is 5.75 Å². The van der Waals surface area contributed by atoms with Crippen LogP contribution in [0.5, 0.6) is 5.75 Å². The maximum Gasteiger partial charge on any atom is 0.341 e. The quantitative estimate of drug-likeness (QED) is 0.276. The number of hydrogen-bond acceptors (Lipinski definition) is 4. The number of aromatic nitrogens is 1. The second-order valence-electron chi connectivity index (χ2n) is 9.22. The van der Waals surface area contributed by atoms with E-state index in [1.807, 2.05) is 17.5 Å². The second-order valence-corrected chi connectivity index (χ2v) is 9.22. The minimum atomic E-state index is -1.11. The Labute approximate surface area is 195 Å². The molecule has 1 aliphatic rings. The van der Waals surface area contributed by atoms with Gasteiger partial charge in [-0.15, -0.1) is 0 Å². The number of Topliss-reactive ketones (excluding diaryl/α,β-unsaturated/α-hetero) is 1. The molecule has 3 rings (SSSR count). The Balaban J connectivity index is 2.00. The second kappa shape index (κ2) is 11.3.